The molecule has 0 aliphatic rings. The highest BCUT2D eigenvalue weighted by molar-refractivity contribution is 5.88. The number of rotatable bonds is 8. The van der Waals surface area contributed by atoms with E-state index in [4.69, 9.17) is 14.2 Å². The molecule has 3 N–H and O–H groups in total. The zero-order valence-corrected chi connectivity index (χ0v) is 19.4. The number of hydrogen-bond donors (Lipinski definition) is 3. The molecule has 178 valence electrons. The molecule has 0 amide bonds. The van der Waals surface area contributed by atoms with E-state index in [-0.39, 0.29) is 29.6 Å². The highest BCUT2D eigenvalue weighted by Crippen LogP contribution is 2.50. The van der Waals surface area contributed by atoms with E-state index in [1.54, 1.807) is 42.5 Å². The minimum absolute atomic E-state index is 0.0707. The molecule has 0 atom stereocenters. The number of benzene rings is 4. The Morgan fingerprint density at radius 3 is 2.11 bits per heavy atom. The molecule has 0 aromatic heterocycles. The van der Waals surface area contributed by atoms with Gasteiger partial charge in [-0.3, -0.25) is 0 Å². The van der Waals surface area contributed by atoms with Crippen molar-refractivity contribution >= 4 is 6.08 Å². The van der Waals surface area contributed by atoms with E-state index in [1.165, 1.54) is 20.3 Å². The molecule has 4 rings (SSSR count). The van der Waals surface area contributed by atoms with E-state index in [2.05, 4.69) is 0 Å². The average molecular weight is 471 g/mol. The van der Waals surface area contributed by atoms with Gasteiger partial charge in [-0.05, 0) is 53.1 Å². The van der Waals surface area contributed by atoms with Gasteiger partial charge in [0.25, 0.3) is 0 Å². The Hall–Kier alpha value is -4.58. The summed E-state index contributed by atoms with van der Waals surface area (Å²) in [5.41, 5.74) is 3.29. The SMILES string of the molecule is COc1cc(-c2ccc(O)cc2)c(OC)c(O)c1-c1ccc(OCC=Cc2ccccc2)c(O)c1. The smallest absolute Gasteiger partial charge is 0.170 e. The molecular formula is C29H26O6. The predicted octanol–water partition coefficient (Wildman–Crippen LogP) is 6.25. The zero-order chi connectivity index (χ0) is 24.8. The second-order valence-electron chi connectivity index (χ2n) is 7.74. The van der Waals surface area contributed by atoms with Crippen molar-refractivity contribution in [3.8, 4) is 56.8 Å². The molecule has 0 saturated carbocycles. The Kier molecular flexibility index (Phi) is 7.12. The average Bonchev–Trinajstić information content (AvgIpc) is 2.88. The zero-order valence-electron chi connectivity index (χ0n) is 19.4. The van der Waals surface area contributed by atoms with Crippen LogP contribution in [0.4, 0.5) is 0 Å². The Bertz CT molecular complexity index is 1330. The number of phenols is 3. The van der Waals surface area contributed by atoms with E-state index in [1.807, 2.05) is 42.5 Å². The van der Waals surface area contributed by atoms with Gasteiger partial charge in [-0.2, -0.15) is 0 Å². The van der Waals surface area contributed by atoms with Crippen molar-refractivity contribution in [2.45, 2.75) is 0 Å². The van der Waals surface area contributed by atoms with Crippen LogP contribution in [0.1, 0.15) is 5.56 Å². The molecule has 0 radical (unpaired) electrons. The van der Waals surface area contributed by atoms with Crippen molar-refractivity contribution in [3.63, 3.8) is 0 Å². The van der Waals surface area contributed by atoms with Gasteiger partial charge < -0.3 is 29.5 Å². The molecule has 4 aromatic rings. The van der Waals surface area contributed by atoms with E-state index in [0.717, 1.165) is 11.1 Å². The third-order valence-corrected chi connectivity index (χ3v) is 5.51. The highest BCUT2D eigenvalue weighted by Gasteiger charge is 2.22. The number of methoxy groups -OCH3 is 2. The van der Waals surface area contributed by atoms with Crippen LogP contribution < -0.4 is 14.2 Å². The van der Waals surface area contributed by atoms with Crippen LogP contribution in [0.5, 0.6) is 34.5 Å². The number of ether oxygens (including phenoxy) is 3. The number of aromatic hydroxyl groups is 3. The van der Waals surface area contributed by atoms with E-state index >= 15 is 0 Å². The minimum Gasteiger partial charge on any atom is -0.508 e. The monoisotopic (exact) mass is 470 g/mol. The lowest BCUT2D eigenvalue weighted by Crippen LogP contribution is -1.96. The molecular weight excluding hydrogens is 444 g/mol. The highest BCUT2D eigenvalue weighted by atomic mass is 16.5. The second-order valence-corrected chi connectivity index (χ2v) is 7.74. The molecule has 4 aromatic carbocycles. The van der Waals surface area contributed by atoms with Gasteiger partial charge in [0.15, 0.2) is 23.0 Å². The summed E-state index contributed by atoms with van der Waals surface area (Å²) in [5, 5.41) is 31.3. The summed E-state index contributed by atoms with van der Waals surface area (Å²) in [6, 6.07) is 23.0. The lowest BCUT2D eigenvalue weighted by atomic mass is 9.96. The van der Waals surface area contributed by atoms with Crippen LogP contribution in [0.2, 0.25) is 0 Å². The van der Waals surface area contributed by atoms with Gasteiger partial charge in [0.2, 0.25) is 0 Å². The first-order valence-electron chi connectivity index (χ1n) is 11.0. The minimum atomic E-state index is -0.131. The normalized spacial score (nSPS) is 10.9. The van der Waals surface area contributed by atoms with Crippen LogP contribution in [0.3, 0.4) is 0 Å². The van der Waals surface area contributed by atoms with Crippen molar-refractivity contribution in [3.05, 3.63) is 90.5 Å². The Balaban J connectivity index is 1.63. The predicted molar refractivity (Wildman–Crippen MR) is 136 cm³/mol. The second kappa shape index (κ2) is 10.6. The fourth-order valence-corrected chi connectivity index (χ4v) is 3.81. The molecule has 35 heavy (non-hydrogen) atoms. The maximum atomic E-state index is 11.1. The summed E-state index contributed by atoms with van der Waals surface area (Å²) in [7, 11) is 2.97. The van der Waals surface area contributed by atoms with Crippen molar-refractivity contribution in [2.24, 2.45) is 0 Å². The fraction of sp³-hybridized carbons (Fsp3) is 0.103. The Labute approximate surface area is 203 Å². The van der Waals surface area contributed by atoms with Gasteiger partial charge in [0.05, 0.1) is 19.8 Å². The van der Waals surface area contributed by atoms with Crippen molar-refractivity contribution in [1.82, 2.24) is 0 Å². The summed E-state index contributed by atoms with van der Waals surface area (Å²) < 4.78 is 16.8. The van der Waals surface area contributed by atoms with Gasteiger partial charge in [0.1, 0.15) is 18.1 Å². The summed E-state index contributed by atoms with van der Waals surface area (Å²) in [6.07, 6.45) is 3.81. The van der Waals surface area contributed by atoms with Gasteiger partial charge in [-0.1, -0.05) is 54.6 Å². The molecule has 0 unspecified atom stereocenters. The molecule has 6 nitrogen and oxygen atoms in total. The van der Waals surface area contributed by atoms with Gasteiger partial charge >= 0.3 is 0 Å². The van der Waals surface area contributed by atoms with Crippen LogP contribution in [0, 0.1) is 0 Å². The van der Waals surface area contributed by atoms with Crippen molar-refractivity contribution in [1.29, 1.82) is 0 Å². The van der Waals surface area contributed by atoms with Gasteiger partial charge in [-0.25, -0.2) is 0 Å². The Morgan fingerprint density at radius 1 is 0.743 bits per heavy atom. The molecule has 0 bridgehead atoms. The van der Waals surface area contributed by atoms with Crippen LogP contribution in [-0.2, 0) is 0 Å². The van der Waals surface area contributed by atoms with E-state index in [0.29, 0.717) is 28.2 Å². The molecule has 0 heterocycles. The fourth-order valence-electron chi connectivity index (χ4n) is 3.81. The van der Waals surface area contributed by atoms with E-state index < -0.39 is 0 Å². The van der Waals surface area contributed by atoms with Crippen LogP contribution in [0.25, 0.3) is 28.3 Å². The first-order valence-corrected chi connectivity index (χ1v) is 11.0. The quantitative estimate of drug-likeness (QED) is 0.282. The standard InChI is InChI=1S/C29H26O6/c1-33-26-18-23(20-10-13-22(30)14-11-20)29(34-2)28(32)27(26)21-12-15-25(24(31)17-21)35-16-6-9-19-7-4-3-5-8-19/h3-15,17-18,30-32H,16H2,1-2H3. The largest absolute Gasteiger partial charge is 0.508 e. The topological polar surface area (TPSA) is 88.4 Å². The van der Waals surface area contributed by atoms with Crippen LogP contribution in [-0.4, -0.2) is 36.1 Å². The maximum Gasteiger partial charge on any atom is 0.170 e. The number of hydrogen-bond acceptors (Lipinski definition) is 6. The summed E-state index contributed by atoms with van der Waals surface area (Å²) in [5.74, 6) is 0.890. The molecule has 0 fully saturated rings. The third kappa shape index (κ3) is 5.17. The Morgan fingerprint density at radius 2 is 1.46 bits per heavy atom. The molecule has 6 heteroatoms. The lowest BCUT2D eigenvalue weighted by Gasteiger charge is -2.18. The van der Waals surface area contributed by atoms with Gasteiger partial charge in [-0.15, -0.1) is 0 Å². The molecule has 0 saturated heterocycles. The summed E-state index contributed by atoms with van der Waals surface area (Å²) in [6.45, 7) is 0.283. The maximum absolute atomic E-state index is 11.1. The lowest BCUT2D eigenvalue weighted by molar-refractivity contribution is 0.337. The third-order valence-electron chi connectivity index (χ3n) is 5.51. The summed E-state index contributed by atoms with van der Waals surface area (Å²) in [4.78, 5) is 0. The molecule has 0 spiro atoms. The molecule has 0 aliphatic heterocycles. The first kappa shape index (κ1) is 23.6. The van der Waals surface area contributed by atoms with Crippen molar-refractivity contribution < 1.29 is 29.5 Å². The molecule has 0 aliphatic carbocycles. The van der Waals surface area contributed by atoms with Crippen molar-refractivity contribution in [2.75, 3.05) is 20.8 Å². The van der Waals surface area contributed by atoms with Crippen LogP contribution >= 0.6 is 0 Å². The first-order chi connectivity index (χ1) is 17.0. The van der Waals surface area contributed by atoms with Crippen LogP contribution in [0.15, 0.2) is 84.9 Å². The summed E-state index contributed by atoms with van der Waals surface area (Å²) >= 11 is 0. The number of phenolic OH excluding ortho intramolecular Hbond substituents is 3. The van der Waals surface area contributed by atoms with E-state index in [9.17, 15) is 15.3 Å². The van der Waals surface area contributed by atoms with Gasteiger partial charge in [0, 0.05) is 5.56 Å².